The first-order valence-electron chi connectivity index (χ1n) is 3.16. The largest absolute Gasteiger partial charge is 0.468 e. The molecule has 2 N–H and O–H groups in total. The van der Waals surface area contributed by atoms with Crippen molar-refractivity contribution in [1.82, 2.24) is 10.6 Å². The lowest BCUT2D eigenvalue weighted by molar-refractivity contribution is -0.142. The molecular weight excluding hydrogens is 132 g/mol. The Labute approximate surface area is 60.9 Å². The van der Waals surface area contributed by atoms with E-state index in [9.17, 15) is 4.79 Å². The van der Waals surface area contributed by atoms with Crippen LogP contribution in [-0.4, -0.2) is 39.8 Å². The molecule has 0 aliphatic carbocycles. The van der Waals surface area contributed by atoms with Crippen molar-refractivity contribution in [3.63, 3.8) is 0 Å². The first kappa shape index (κ1) is 9.39. The monoisotopic (exact) mass is 146 g/mol. The van der Waals surface area contributed by atoms with Crippen molar-refractivity contribution in [2.24, 2.45) is 0 Å². The summed E-state index contributed by atoms with van der Waals surface area (Å²) in [6.07, 6.45) is 0. The highest BCUT2D eigenvalue weighted by molar-refractivity contribution is 5.75. The lowest BCUT2D eigenvalue weighted by Crippen LogP contribution is -2.42. The van der Waals surface area contributed by atoms with Crippen molar-refractivity contribution in [2.45, 2.75) is 6.04 Å². The molecular formula is C6H14N2O2. The van der Waals surface area contributed by atoms with E-state index < -0.39 is 0 Å². The van der Waals surface area contributed by atoms with Crippen molar-refractivity contribution in [3.05, 3.63) is 0 Å². The van der Waals surface area contributed by atoms with Gasteiger partial charge < -0.3 is 15.4 Å². The molecule has 0 fully saturated rings. The van der Waals surface area contributed by atoms with Crippen LogP contribution in [0, 0.1) is 0 Å². The SMILES string of the molecule is CNCC(NC)C(=O)OC. The van der Waals surface area contributed by atoms with Gasteiger partial charge in [0, 0.05) is 6.54 Å². The van der Waals surface area contributed by atoms with E-state index >= 15 is 0 Å². The van der Waals surface area contributed by atoms with E-state index in [1.54, 1.807) is 14.1 Å². The van der Waals surface area contributed by atoms with E-state index in [1.165, 1.54) is 7.11 Å². The van der Waals surface area contributed by atoms with Crippen molar-refractivity contribution in [1.29, 1.82) is 0 Å². The number of esters is 1. The fourth-order valence-electron chi connectivity index (χ4n) is 0.650. The van der Waals surface area contributed by atoms with E-state index in [1.807, 2.05) is 0 Å². The van der Waals surface area contributed by atoms with Crippen LogP contribution in [0.4, 0.5) is 0 Å². The summed E-state index contributed by atoms with van der Waals surface area (Å²) >= 11 is 0. The van der Waals surface area contributed by atoms with Gasteiger partial charge in [0.25, 0.3) is 0 Å². The Morgan fingerprint density at radius 2 is 2.20 bits per heavy atom. The van der Waals surface area contributed by atoms with E-state index in [4.69, 9.17) is 0 Å². The summed E-state index contributed by atoms with van der Waals surface area (Å²) < 4.78 is 4.51. The molecule has 10 heavy (non-hydrogen) atoms. The van der Waals surface area contributed by atoms with E-state index in [-0.39, 0.29) is 12.0 Å². The van der Waals surface area contributed by atoms with Crippen molar-refractivity contribution in [2.75, 3.05) is 27.7 Å². The normalized spacial score (nSPS) is 12.7. The van der Waals surface area contributed by atoms with Gasteiger partial charge in [-0.05, 0) is 14.1 Å². The molecule has 0 heterocycles. The minimum absolute atomic E-state index is 0.239. The van der Waals surface area contributed by atoms with Gasteiger partial charge >= 0.3 is 5.97 Å². The van der Waals surface area contributed by atoms with Crippen molar-refractivity contribution in [3.8, 4) is 0 Å². The van der Waals surface area contributed by atoms with Crippen LogP contribution in [0.5, 0.6) is 0 Å². The quantitative estimate of drug-likeness (QED) is 0.498. The lowest BCUT2D eigenvalue weighted by atomic mass is 10.3. The predicted molar refractivity (Wildman–Crippen MR) is 38.8 cm³/mol. The molecule has 0 rings (SSSR count). The highest BCUT2D eigenvalue weighted by Crippen LogP contribution is 1.83. The molecule has 1 unspecified atom stereocenters. The third kappa shape index (κ3) is 2.80. The molecule has 0 saturated heterocycles. The van der Waals surface area contributed by atoms with Gasteiger partial charge in [-0.2, -0.15) is 0 Å². The van der Waals surface area contributed by atoms with Gasteiger partial charge in [-0.1, -0.05) is 0 Å². The zero-order chi connectivity index (χ0) is 7.98. The summed E-state index contributed by atoms with van der Waals surface area (Å²) in [7, 11) is 4.88. The smallest absolute Gasteiger partial charge is 0.324 e. The zero-order valence-corrected chi connectivity index (χ0v) is 6.60. The van der Waals surface area contributed by atoms with Crippen LogP contribution in [-0.2, 0) is 9.53 Å². The van der Waals surface area contributed by atoms with Gasteiger partial charge in [-0.25, -0.2) is 0 Å². The third-order valence-corrected chi connectivity index (χ3v) is 1.24. The molecule has 0 radical (unpaired) electrons. The van der Waals surface area contributed by atoms with Crippen LogP contribution in [0.15, 0.2) is 0 Å². The molecule has 0 amide bonds. The highest BCUT2D eigenvalue weighted by atomic mass is 16.5. The molecule has 60 valence electrons. The number of hydrogen-bond acceptors (Lipinski definition) is 4. The Hall–Kier alpha value is -0.610. The fraction of sp³-hybridized carbons (Fsp3) is 0.833. The number of rotatable bonds is 4. The molecule has 0 saturated carbocycles. The summed E-state index contributed by atoms with van der Waals surface area (Å²) in [4.78, 5) is 10.8. The van der Waals surface area contributed by atoms with E-state index in [0.29, 0.717) is 6.54 Å². The topological polar surface area (TPSA) is 50.4 Å². The maximum Gasteiger partial charge on any atom is 0.324 e. The van der Waals surface area contributed by atoms with Gasteiger partial charge in [0.1, 0.15) is 6.04 Å². The molecule has 4 nitrogen and oxygen atoms in total. The van der Waals surface area contributed by atoms with Gasteiger partial charge in [-0.15, -0.1) is 0 Å². The van der Waals surface area contributed by atoms with Crippen LogP contribution in [0.1, 0.15) is 0 Å². The Bertz CT molecular complexity index is 106. The van der Waals surface area contributed by atoms with Gasteiger partial charge in [0.05, 0.1) is 7.11 Å². The summed E-state index contributed by atoms with van der Waals surface area (Å²) in [5, 5.41) is 5.69. The number of carbonyl (C=O) groups excluding carboxylic acids is 1. The van der Waals surface area contributed by atoms with Crippen LogP contribution in [0.2, 0.25) is 0 Å². The van der Waals surface area contributed by atoms with Crippen LogP contribution in [0.3, 0.4) is 0 Å². The summed E-state index contributed by atoms with van der Waals surface area (Å²) in [6, 6.07) is -0.241. The minimum Gasteiger partial charge on any atom is -0.468 e. The summed E-state index contributed by atoms with van der Waals surface area (Å²) in [5.74, 6) is -0.239. The molecule has 1 atom stereocenters. The molecule has 0 aromatic heterocycles. The molecule has 0 spiro atoms. The first-order valence-corrected chi connectivity index (χ1v) is 3.16. The van der Waals surface area contributed by atoms with E-state index in [2.05, 4.69) is 15.4 Å². The number of nitrogens with one attached hydrogen (secondary N) is 2. The minimum atomic E-state index is -0.241. The molecule has 4 heteroatoms. The maximum absolute atomic E-state index is 10.8. The molecule has 0 bridgehead atoms. The molecule has 0 aromatic carbocycles. The summed E-state index contributed by atoms with van der Waals surface area (Å²) in [5.41, 5.74) is 0. The Morgan fingerprint density at radius 1 is 1.60 bits per heavy atom. The molecule has 0 aromatic rings. The number of methoxy groups -OCH3 is 1. The van der Waals surface area contributed by atoms with Crippen molar-refractivity contribution >= 4 is 5.97 Å². The van der Waals surface area contributed by atoms with Crippen LogP contribution in [0.25, 0.3) is 0 Å². The predicted octanol–water partition coefficient (Wildman–Crippen LogP) is -1.03. The number of likely N-dealkylation sites (N-methyl/N-ethyl adjacent to an activating group) is 2. The van der Waals surface area contributed by atoms with Crippen LogP contribution >= 0.6 is 0 Å². The molecule has 0 aliphatic heterocycles. The lowest BCUT2D eigenvalue weighted by Gasteiger charge is -2.11. The standard InChI is InChI=1S/C6H14N2O2/c1-7-4-5(8-2)6(9)10-3/h5,7-8H,4H2,1-3H3. The second-order valence-electron chi connectivity index (χ2n) is 1.92. The maximum atomic E-state index is 10.8. The zero-order valence-electron chi connectivity index (χ0n) is 6.60. The van der Waals surface area contributed by atoms with Gasteiger partial charge in [-0.3, -0.25) is 4.79 Å². The Kier molecular flexibility index (Phi) is 4.88. The first-order chi connectivity index (χ1) is 4.76. The highest BCUT2D eigenvalue weighted by Gasteiger charge is 2.14. The second-order valence-corrected chi connectivity index (χ2v) is 1.92. The number of ether oxygens (including phenoxy) is 1. The Morgan fingerprint density at radius 3 is 2.50 bits per heavy atom. The van der Waals surface area contributed by atoms with E-state index in [0.717, 1.165) is 0 Å². The number of hydrogen-bond donors (Lipinski definition) is 2. The third-order valence-electron chi connectivity index (χ3n) is 1.24. The Balaban J connectivity index is 3.68. The second kappa shape index (κ2) is 5.20. The van der Waals surface area contributed by atoms with Crippen LogP contribution < -0.4 is 10.6 Å². The van der Waals surface area contributed by atoms with Gasteiger partial charge in [0.2, 0.25) is 0 Å². The average molecular weight is 146 g/mol. The molecule has 0 aliphatic rings. The van der Waals surface area contributed by atoms with Crippen molar-refractivity contribution < 1.29 is 9.53 Å². The summed E-state index contributed by atoms with van der Waals surface area (Å²) in [6.45, 7) is 0.586. The fourth-order valence-corrected chi connectivity index (χ4v) is 0.650. The average Bonchev–Trinajstić information content (AvgIpc) is 1.99. The number of carbonyl (C=O) groups is 1. The van der Waals surface area contributed by atoms with Gasteiger partial charge in [0.15, 0.2) is 0 Å².